The normalized spacial score (nSPS) is 18.0. The Morgan fingerprint density at radius 3 is 2.00 bits per heavy atom. The van der Waals surface area contributed by atoms with Gasteiger partial charge in [0.25, 0.3) is 0 Å². The SMILES string of the molecule is CC(CO)C(C)OC(C)(C)C. The van der Waals surface area contributed by atoms with Crippen molar-refractivity contribution in [3.8, 4) is 0 Å². The molecule has 0 saturated heterocycles. The van der Waals surface area contributed by atoms with Gasteiger partial charge in [0.2, 0.25) is 0 Å². The maximum Gasteiger partial charge on any atom is 0.0602 e. The molecule has 0 amide bonds. The van der Waals surface area contributed by atoms with Gasteiger partial charge in [-0.2, -0.15) is 0 Å². The van der Waals surface area contributed by atoms with Crippen LogP contribution in [0.5, 0.6) is 0 Å². The molecule has 2 nitrogen and oxygen atoms in total. The molecule has 0 spiro atoms. The van der Waals surface area contributed by atoms with E-state index < -0.39 is 0 Å². The molecule has 0 aromatic carbocycles. The van der Waals surface area contributed by atoms with Gasteiger partial charge in [0.15, 0.2) is 0 Å². The van der Waals surface area contributed by atoms with Crippen molar-refractivity contribution >= 4 is 0 Å². The van der Waals surface area contributed by atoms with Gasteiger partial charge in [0.05, 0.1) is 11.7 Å². The minimum absolute atomic E-state index is 0.108. The minimum Gasteiger partial charge on any atom is -0.396 e. The van der Waals surface area contributed by atoms with Gasteiger partial charge < -0.3 is 9.84 Å². The van der Waals surface area contributed by atoms with Gasteiger partial charge >= 0.3 is 0 Å². The molecule has 0 fully saturated rings. The molecule has 0 rings (SSSR count). The fraction of sp³-hybridized carbons (Fsp3) is 1.00. The zero-order chi connectivity index (χ0) is 9.07. The van der Waals surface area contributed by atoms with Crippen molar-refractivity contribution < 1.29 is 9.84 Å². The second-order valence-electron chi connectivity index (χ2n) is 4.10. The summed E-state index contributed by atoms with van der Waals surface area (Å²) in [6, 6.07) is 0. The van der Waals surface area contributed by atoms with E-state index in [1.807, 2.05) is 34.6 Å². The highest BCUT2D eigenvalue weighted by atomic mass is 16.5. The Bertz CT molecular complexity index is 105. The third-order valence-corrected chi connectivity index (χ3v) is 1.63. The van der Waals surface area contributed by atoms with Crippen LogP contribution in [0.3, 0.4) is 0 Å². The number of aliphatic hydroxyl groups excluding tert-OH is 1. The Hall–Kier alpha value is -0.0800. The first-order valence-corrected chi connectivity index (χ1v) is 4.15. The van der Waals surface area contributed by atoms with Crippen LogP contribution in [0, 0.1) is 5.92 Å². The summed E-state index contributed by atoms with van der Waals surface area (Å²) in [5.41, 5.74) is -0.108. The molecule has 0 saturated carbocycles. The van der Waals surface area contributed by atoms with Crippen LogP contribution in [0.4, 0.5) is 0 Å². The summed E-state index contributed by atoms with van der Waals surface area (Å²) >= 11 is 0. The second-order valence-corrected chi connectivity index (χ2v) is 4.10. The van der Waals surface area contributed by atoms with Crippen LogP contribution in [-0.2, 0) is 4.74 Å². The monoisotopic (exact) mass is 160 g/mol. The van der Waals surface area contributed by atoms with E-state index >= 15 is 0 Å². The van der Waals surface area contributed by atoms with Crippen molar-refractivity contribution in [3.05, 3.63) is 0 Å². The molecule has 0 aliphatic carbocycles. The number of rotatable bonds is 3. The van der Waals surface area contributed by atoms with E-state index in [1.54, 1.807) is 0 Å². The molecule has 0 bridgehead atoms. The maximum absolute atomic E-state index is 8.82. The van der Waals surface area contributed by atoms with E-state index in [9.17, 15) is 0 Å². The maximum atomic E-state index is 8.82. The summed E-state index contributed by atoms with van der Waals surface area (Å²) in [6.07, 6.45) is 0.125. The van der Waals surface area contributed by atoms with E-state index in [0.717, 1.165) is 0 Å². The van der Waals surface area contributed by atoms with Gasteiger partial charge in [-0.25, -0.2) is 0 Å². The molecule has 0 heterocycles. The zero-order valence-electron chi connectivity index (χ0n) is 8.22. The molecule has 0 radical (unpaired) electrons. The predicted octanol–water partition coefficient (Wildman–Crippen LogP) is 1.82. The molecule has 0 aromatic rings. The lowest BCUT2D eigenvalue weighted by Crippen LogP contribution is -2.31. The number of aliphatic hydroxyl groups is 1. The summed E-state index contributed by atoms with van der Waals surface area (Å²) in [6.45, 7) is 10.2. The average molecular weight is 160 g/mol. The summed E-state index contributed by atoms with van der Waals surface area (Å²) in [5.74, 6) is 0.217. The van der Waals surface area contributed by atoms with Crippen LogP contribution >= 0.6 is 0 Å². The van der Waals surface area contributed by atoms with Crippen LogP contribution in [0.2, 0.25) is 0 Å². The fourth-order valence-electron chi connectivity index (χ4n) is 0.822. The Kier molecular flexibility index (Phi) is 4.04. The first-order chi connectivity index (χ1) is 4.87. The Morgan fingerprint density at radius 2 is 1.73 bits per heavy atom. The molecule has 2 heteroatoms. The predicted molar refractivity (Wildman–Crippen MR) is 46.5 cm³/mol. The van der Waals surface area contributed by atoms with E-state index in [2.05, 4.69) is 0 Å². The number of hydrogen-bond acceptors (Lipinski definition) is 2. The molecule has 11 heavy (non-hydrogen) atoms. The van der Waals surface area contributed by atoms with Crippen molar-refractivity contribution in [2.45, 2.75) is 46.3 Å². The molecular formula is C9H20O2. The van der Waals surface area contributed by atoms with Gasteiger partial charge in [0.1, 0.15) is 0 Å². The standard InChI is InChI=1S/C9H20O2/c1-7(6-10)8(2)11-9(3,4)5/h7-8,10H,6H2,1-5H3. The Balaban J connectivity index is 3.77. The number of hydrogen-bond donors (Lipinski definition) is 1. The zero-order valence-corrected chi connectivity index (χ0v) is 8.22. The highest BCUT2D eigenvalue weighted by Crippen LogP contribution is 2.15. The van der Waals surface area contributed by atoms with Gasteiger partial charge in [-0.05, 0) is 27.7 Å². The topological polar surface area (TPSA) is 29.5 Å². The second kappa shape index (κ2) is 4.07. The summed E-state index contributed by atoms with van der Waals surface area (Å²) in [7, 11) is 0. The van der Waals surface area contributed by atoms with Crippen LogP contribution in [0.25, 0.3) is 0 Å². The van der Waals surface area contributed by atoms with Gasteiger partial charge in [-0.15, -0.1) is 0 Å². The van der Waals surface area contributed by atoms with Gasteiger partial charge in [0, 0.05) is 12.5 Å². The van der Waals surface area contributed by atoms with E-state index in [-0.39, 0.29) is 24.2 Å². The summed E-state index contributed by atoms with van der Waals surface area (Å²) in [4.78, 5) is 0. The van der Waals surface area contributed by atoms with Crippen molar-refractivity contribution in [2.24, 2.45) is 5.92 Å². The van der Waals surface area contributed by atoms with Crippen molar-refractivity contribution in [1.82, 2.24) is 0 Å². The molecule has 2 unspecified atom stereocenters. The van der Waals surface area contributed by atoms with Crippen molar-refractivity contribution in [1.29, 1.82) is 0 Å². The van der Waals surface area contributed by atoms with Crippen LogP contribution in [0.15, 0.2) is 0 Å². The average Bonchev–Trinajstić information content (AvgIpc) is 1.82. The summed E-state index contributed by atoms with van der Waals surface area (Å²) < 4.78 is 5.63. The van der Waals surface area contributed by atoms with Gasteiger partial charge in [-0.1, -0.05) is 6.92 Å². The Labute approximate surface area is 69.6 Å². The van der Waals surface area contributed by atoms with Crippen LogP contribution < -0.4 is 0 Å². The minimum atomic E-state index is -0.108. The lowest BCUT2D eigenvalue weighted by molar-refractivity contribution is -0.0804. The molecular weight excluding hydrogens is 140 g/mol. The molecule has 0 aliphatic rings. The fourth-order valence-corrected chi connectivity index (χ4v) is 0.822. The first kappa shape index (κ1) is 10.9. The third kappa shape index (κ3) is 5.22. The van der Waals surface area contributed by atoms with E-state index in [0.29, 0.717) is 0 Å². The lowest BCUT2D eigenvalue weighted by atomic mass is 10.1. The van der Waals surface area contributed by atoms with Crippen LogP contribution in [-0.4, -0.2) is 23.4 Å². The third-order valence-electron chi connectivity index (χ3n) is 1.63. The molecule has 68 valence electrons. The molecule has 2 atom stereocenters. The van der Waals surface area contributed by atoms with E-state index in [1.165, 1.54) is 0 Å². The first-order valence-electron chi connectivity index (χ1n) is 4.15. The quantitative estimate of drug-likeness (QED) is 0.682. The molecule has 1 N–H and O–H groups in total. The molecule has 0 aliphatic heterocycles. The summed E-state index contributed by atoms with van der Waals surface area (Å²) in [5, 5.41) is 8.82. The largest absolute Gasteiger partial charge is 0.396 e. The Morgan fingerprint density at radius 1 is 1.27 bits per heavy atom. The lowest BCUT2D eigenvalue weighted by Gasteiger charge is -2.28. The number of ether oxygens (including phenoxy) is 1. The smallest absolute Gasteiger partial charge is 0.0602 e. The molecule has 0 aromatic heterocycles. The van der Waals surface area contributed by atoms with Crippen LogP contribution in [0.1, 0.15) is 34.6 Å². The van der Waals surface area contributed by atoms with Gasteiger partial charge in [-0.3, -0.25) is 0 Å². The highest BCUT2D eigenvalue weighted by Gasteiger charge is 2.19. The van der Waals surface area contributed by atoms with Crippen molar-refractivity contribution in [3.63, 3.8) is 0 Å². The van der Waals surface area contributed by atoms with Crippen molar-refractivity contribution in [2.75, 3.05) is 6.61 Å². The van der Waals surface area contributed by atoms with E-state index in [4.69, 9.17) is 9.84 Å². The highest BCUT2D eigenvalue weighted by molar-refractivity contribution is 4.66.